The van der Waals surface area contributed by atoms with Crippen LogP contribution in [0.3, 0.4) is 0 Å². The second-order valence-corrected chi connectivity index (χ2v) is 10.8. The van der Waals surface area contributed by atoms with Gasteiger partial charge in [0, 0.05) is 23.6 Å². The lowest BCUT2D eigenvalue weighted by molar-refractivity contribution is -0.152. The summed E-state index contributed by atoms with van der Waals surface area (Å²) in [5.41, 5.74) is 1.73. The molecule has 3 rings (SSSR count). The van der Waals surface area contributed by atoms with Gasteiger partial charge in [0.2, 0.25) is 0 Å². The fourth-order valence-electron chi connectivity index (χ4n) is 3.42. The van der Waals surface area contributed by atoms with Crippen molar-refractivity contribution >= 4 is 93.1 Å². The third-order valence-corrected chi connectivity index (χ3v) is 9.82. The van der Waals surface area contributed by atoms with E-state index in [-0.39, 0.29) is 11.1 Å². The summed E-state index contributed by atoms with van der Waals surface area (Å²) in [6.07, 6.45) is 0. The largest absolute Gasteiger partial charge is 0.454 e. The number of esters is 1. The molecule has 0 aliphatic carbocycles. The Bertz CT molecular complexity index is 1130. The van der Waals surface area contributed by atoms with Crippen LogP contribution >= 0.6 is 63.7 Å². The molecule has 0 bridgehead atoms. The molecule has 0 radical (unpaired) electrons. The van der Waals surface area contributed by atoms with Gasteiger partial charge in [-0.05, 0) is 88.2 Å². The van der Waals surface area contributed by atoms with Gasteiger partial charge < -0.3 is 10.1 Å². The van der Waals surface area contributed by atoms with Gasteiger partial charge in [0.1, 0.15) is 6.04 Å². The molecule has 0 saturated carbocycles. The zero-order valence-corrected chi connectivity index (χ0v) is 24.0. The monoisotopic (exact) mass is 706 g/mol. The maximum absolute atomic E-state index is 13.2. The molecule has 3 amide bonds. The lowest BCUT2D eigenvalue weighted by atomic mass is 10.0. The average molecular weight is 710 g/mol. The van der Waals surface area contributed by atoms with Crippen LogP contribution in [0.5, 0.6) is 0 Å². The number of hydrogen-bond acceptors (Lipinski definition) is 5. The SMILES string of the molecule is Cc1ccccc1NC(=O)COC(=O)[C@H](C(C)C)N1C(=O)c2c(Br)c(Br)c(Br)c(Br)c2C1=O. The number of ether oxygens (including phenoxy) is 1. The lowest BCUT2D eigenvalue weighted by Crippen LogP contribution is -2.49. The van der Waals surface area contributed by atoms with E-state index in [1.54, 1.807) is 26.0 Å². The molecule has 7 nitrogen and oxygen atoms in total. The maximum atomic E-state index is 13.2. The Labute approximate surface area is 224 Å². The second kappa shape index (κ2) is 10.4. The van der Waals surface area contributed by atoms with Gasteiger partial charge in [0.05, 0.1) is 11.1 Å². The van der Waals surface area contributed by atoms with E-state index in [1.807, 2.05) is 19.1 Å². The number of para-hydroxylation sites is 1. The number of rotatable bonds is 6. The molecule has 0 spiro atoms. The van der Waals surface area contributed by atoms with Crippen LogP contribution in [0.4, 0.5) is 5.69 Å². The van der Waals surface area contributed by atoms with E-state index in [1.165, 1.54) is 0 Å². The highest BCUT2D eigenvalue weighted by Gasteiger charge is 2.47. The van der Waals surface area contributed by atoms with Crippen molar-refractivity contribution in [1.82, 2.24) is 4.90 Å². The van der Waals surface area contributed by atoms with Crippen LogP contribution in [0.2, 0.25) is 0 Å². The first-order valence-electron chi connectivity index (χ1n) is 9.73. The highest BCUT2D eigenvalue weighted by Crippen LogP contribution is 2.46. The predicted molar refractivity (Wildman–Crippen MR) is 137 cm³/mol. The number of amides is 3. The van der Waals surface area contributed by atoms with Crippen molar-refractivity contribution in [1.29, 1.82) is 0 Å². The Balaban J connectivity index is 1.82. The second-order valence-electron chi connectivity index (χ2n) is 7.65. The van der Waals surface area contributed by atoms with Crippen LogP contribution in [-0.2, 0) is 14.3 Å². The summed E-state index contributed by atoms with van der Waals surface area (Å²) in [5, 5.41) is 2.68. The molecule has 1 aliphatic heterocycles. The first-order valence-corrected chi connectivity index (χ1v) is 12.9. The van der Waals surface area contributed by atoms with Crippen molar-refractivity contribution in [2.45, 2.75) is 26.8 Å². The topological polar surface area (TPSA) is 92.8 Å². The smallest absolute Gasteiger partial charge is 0.330 e. The standard InChI is InChI=1S/C22H18Br4N2O5/c1-9(2)19(22(32)33-8-12(29)27-11-7-5-4-6-10(11)3)28-20(30)13-14(21(28)31)16(24)18(26)17(25)15(13)23/h4-7,9,19H,8H2,1-3H3,(H,27,29)/t19-/m0/s1. The van der Waals surface area contributed by atoms with Crippen LogP contribution in [0.15, 0.2) is 42.2 Å². The Kier molecular flexibility index (Phi) is 8.19. The van der Waals surface area contributed by atoms with E-state index in [2.05, 4.69) is 69.0 Å². The van der Waals surface area contributed by atoms with Crippen molar-refractivity contribution in [3.8, 4) is 0 Å². The number of aryl methyl sites for hydroxylation is 1. The molecule has 11 heteroatoms. The third kappa shape index (κ3) is 4.96. The van der Waals surface area contributed by atoms with Crippen molar-refractivity contribution in [2.24, 2.45) is 5.92 Å². The predicted octanol–water partition coefficient (Wildman–Crippen LogP) is 5.85. The van der Waals surface area contributed by atoms with Gasteiger partial charge in [0.25, 0.3) is 17.7 Å². The molecular weight excluding hydrogens is 692 g/mol. The number of halogens is 4. The molecule has 33 heavy (non-hydrogen) atoms. The van der Waals surface area contributed by atoms with E-state index >= 15 is 0 Å². The summed E-state index contributed by atoms with van der Waals surface area (Å²) in [6, 6.07) is 5.98. The maximum Gasteiger partial charge on any atom is 0.330 e. The fourth-order valence-corrected chi connectivity index (χ4v) is 5.87. The molecule has 1 atom stereocenters. The van der Waals surface area contributed by atoms with Crippen LogP contribution < -0.4 is 5.32 Å². The summed E-state index contributed by atoms with van der Waals surface area (Å²) in [5.74, 6) is -3.08. The van der Waals surface area contributed by atoms with Crippen molar-refractivity contribution in [2.75, 3.05) is 11.9 Å². The molecule has 0 aromatic heterocycles. The summed E-state index contributed by atoms with van der Waals surface area (Å²) in [4.78, 5) is 52.6. The number of carbonyl (C=O) groups excluding carboxylic acids is 4. The molecular formula is C22H18Br4N2O5. The van der Waals surface area contributed by atoms with Crippen molar-refractivity contribution < 1.29 is 23.9 Å². The third-order valence-electron chi connectivity index (χ3n) is 5.05. The highest BCUT2D eigenvalue weighted by atomic mass is 79.9. The first-order chi connectivity index (χ1) is 15.5. The number of imide groups is 1. The number of anilines is 1. The molecule has 0 unspecified atom stereocenters. The summed E-state index contributed by atoms with van der Waals surface area (Å²) >= 11 is 13.5. The fraction of sp³-hybridized carbons (Fsp3) is 0.273. The lowest BCUT2D eigenvalue weighted by Gasteiger charge is -2.27. The molecule has 1 heterocycles. The van der Waals surface area contributed by atoms with E-state index in [0.29, 0.717) is 23.6 Å². The minimum atomic E-state index is -1.21. The number of fused-ring (bicyclic) bond motifs is 1. The molecule has 0 saturated heterocycles. The van der Waals surface area contributed by atoms with Gasteiger partial charge >= 0.3 is 5.97 Å². The van der Waals surface area contributed by atoms with Gasteiger partial charge in [-0.15, -0.1) is 0 Å². The van der Waals surface area contributed by atoms with Crippen LogP contribution in [0, 0.1) is 12.8 Å². The summed E-state index contributed by atoms with van der Waals surface area (Å²) < 4.78 is 7.10. The van der Waals surface area contributed by atoms with Crippen LogP contribution in [-0.4, -0.2) is 41.2 Å². The quantitative estimate of drug-likeness (QED) is 0.176. The van der Waals surface area contributed by atoms with Gasteiger partial charge in [-0.2, -0.15) is 0 Å². The van der Waals surface area contributed by atoms with Gasteiger partial charge in [-0.1, -0.05) is 32.0 Å². The molecule has 2 aromatic rings. The van der Waals surface area contributed by atoms with Gasteiger partial charge in [-0.3, -0.25) is 19.3 Å². The molecule has 1 aliphatic rings. The van der Waals surface area contributed by atoms with E-state index in [9.17, 15) is 19.2 Å². The Morgan fingerprint density at radius 3 is 1.94 bits per heavy atom. The van der Waals surface area contributed by atoms with E-state index in [4.69, 9.17) is 4.74 Å². The number of benzene rings is 2. The zero-order chi connectivity index (χ0) is 24.6. The molecule has 2 aromatic carbocycles. The zero-order valence-electron chi connectivity index (χ0n) is 17.7. The molecule has 0 fully saturated rings. The number of nitrogens with zero attached hydrogens (tertiary/aromatic N) is 1. The van der Waals surface area contributed by atoms with Crippen molar-refractivity contribution in [3.63, 3.8) is 0 Å². The number of hydrogen-bond donors (Lipinski definition) is 1. The molecule has 174 valence electrons. The van der Waals surface area contributed by atoms with Gasteiger partial charge in [-0.25, -0.2) is 4.79 Å². The van der Waals surface area contributed by atoms with E-state index in [0.717, 1.165) is 10.5 Å². The minimum absolute atomic E-state index is 0.137. The van der Waals surface area contributed by atoms with E-state index < -0.39 is 42.3 Å². The van der Waals surface area contributed by atoms with Crippen LogP contribution in [0.25, 0.3) is 0 Å². The Hall–Kier alpha value is -1.56. The Morgan fingerprint density at radius 1 is 0.939 bits per heavy atom. The van der Waals surface area contributed by atoms with Gasteiger partial charge in [0.15, 0.2) is 6.61 Å². The summed E-state index contributed by atoms with van der Waals surface area (Å²) in [7, 11) is 0. The first kappa shape index (κ1) is 26.1. The number of carbonyl (C=O) groups is 4. The minimum Gasteiger partial charge on any atom is -0.454 e. The van der Waals surface area contributed by atoms with Crippen molar-refractivity contribution in [3.05, 3.63) is 58.8 Å². The average Bonchev–Trinajstić information content (AvgIpc) is 3.01. The summed E-state index contributed by atoms with van der Waals surface area (Å²) in [6.45, 7) is 4.67. The highest BCUT2D eigenvalue weighted by molar-refractivity contribution is 9.15. The normalized spacial score (nSPS) is 13.9. The Morgan fingerprint density at radius 2 is 1.45 bits per heavy atom. The molecule has 1 N–H and O–H groups in total. The number of nitrogens with one attached hydrogen (secondary N) is 1. The van der Waals surface area contributed by atoms with Crippen LogP contribution in [0.1, 0.15) is 40.1 Å².